The van der Waals surface area contributed by atoms with E-state index in [2.05, 4.69) is 25.9 Å². The van der Waals surface area contributed by atoms with E-state index in [1.165, 1.54) is 11.3 Å². The van der Waals surface area contributed by atoms with Crippen LogP contribution >= 0.6 is 11.3 Å². The van der Waals surface area contributed by atoms with Crippen LogP contribution in [0.3, 0.4) is 0 Å². The van der Waals surface area contributed by atoms with Crippen molar-refractivity contribution in [3.63, 3.8) is 0 Å². The van der Waals surface area contributed by atoms with Gasteiger partial charge in [0, 0.05) is 31.2 Å². The van der Waals surface area contributed by atoms with Crippen LogP contribution in [0.5, 0.6) is 11.5 Å². The SMILES string of the molecule is Cc1cc(Oc2ccncc2)ccc1N1C(=O)Nc2ccnc3sc(C(=O)NC4CCCNC4)c1c23. The fourth-order valence-corrected chi connectivity index (χ4v) is 5.75. The van der Waals surface area contributed by atoms with Gasteiger partial charge in [0.2, 0.25) is 0 Å². The molecule has 6 rings (SSSR count). The van der Waals surface area contributed by atoms with E-state index in [1.807, 2.05) is 25.1 Å². The third-order valence-electron chi connectivity index (χ3n) is 6.37. The summed E-state index contributed by atoms with van der Waals surface area (Å²) < 4.78 is 5.94. The summed E-state index contributed by atoms with van der Waals surface area (Å²) in [4.78, 5) is 38.1. The molecule has 2 aliphatic heterocycles. The highest BCUT2D eigenvalue weighted by Crippen LogP contribution is 2.47. The number of carbonyl (C=O) groups excluding carboxylic acids is 2. The molecule has 10 heteroatoms. The molecule has 0 saturated carbocycles. The molecule has 1 fully saturated rings. The molecule has 3 amide bonds. The number of piperidine rings is 1. The average molecular weight is 501 g/mol. The molecule has 0 aliphatic carbocycles. The molecule has 1 aromatic carbocycles. The van der Waals surface area contributed by atoms with Crippen molar-refractivity contribution in [3.05, 3.63) is 65.4 Å². The molecule has 0 spiro atoms. The second kappa shape index (κ2) is 9.21. The molecule has 2 aliphatic rings. The number of pyridine rings is 2. The molecule has 1 saturated heterocycles. The summed E-state index contributed by atoms with van der Waals surface area (Å²) in [6.07, 6.45) is 6.91. The number of benzene rings is 1. The Bertz CT molecular complexity index is 1470. The lowest BCUT2D eigenvalue weighted by Gasteiger charge is -2.30. The summed E-state index contributed by atoms with van der Waals surface area (Å²) in [5, 5.41) is 10.2. The molecule has 3 aromatic heterocycles. The molecule has 0 bridgehead atoms. The monoisotopic (exact) mass is 500 g/mol. The van der Waals surface area contributed by atoms with E-state index in [9.17, 15) is 9.59 Å². The molecule has 0 radical (unpaired) electrons. The molecule has 1 unspecified atom stereocenters. The van der Waals surface area contributed by atoms with Crippen molar-refractivity contribution in [1.29, 1.82) is 0 Å². The Balaban J connectivity index is 1.40. The van der Waals surface area contributed by atoms with Crippen LogP contribution in [0.15, 0.2) is 55.0 Å². The van der Waals surface area contributed by atoms with Gasteiger partial charge in [0.15, 0.2) is 0 Å². The van der Waals surface area contributed by atoms with Gasteiger partial charge in [-0.15, -0.1) is 11.3 Å². The van der Waals surface area contributed by atoms with Gasteiger partial charge < -0.3 is 20.7 Å². The number of nitrogens with one attached hydrogen (secondary N) is 3. The maximum atomic E-state index is 13.5. The Labute approximate surface area is 211 Å². The first-order valence-electron chi connectivity index (χ1n) is 11.8. The summed E-state index contributed by atoms with van der Waals surface area (Å²) in [5.41, 5.74) is 2.71. The quantitative estimate of drug-likeness (QED) is 0.358. The number of hydrogen-bond donors (Lipinski definition) is 3. The van der Waals surface area contributed by atoms with Gasteiger partial charge in [-0.2, -0.15) is 0 Å². The van der Waals surface area contributed by atoms with Crippen LogP contribution in [-0.2, 0) is 0 Å². The van der Waals surface area contributed by atoms with Crippen LogP contribution < -0.4 is 25.6 Å². The van der Waals surface area contributed by atoms with Crippen LogP contribution in [0.4, 0.5) is 21.9 Å². The van der Waals surface area contributed by atoms with E-state index in [-0.39, 0.29) is 18.0 Å². The first-order chi connectivity index (χ1) is 17.6. The van der Waals surface area contributed by atoms with Crippen molar-refractivity contribution in [2.75, 3.05) is 23.3 Å². The molecular formula is C26H24N6O3S. The first kappa shape index (κ1) is 22.4. The second-order valence-electron chi connectivity index (χ2n) is 8.83. The highest BCUT2D eigenvalue weighted by molar-refractivity contribution is 7.21. The van der Waals surface area contributed by atoms with Gasteiger partial charge in [-0.25, -0.2) is 9.78 Å². The van der Waals surface area contributed by atoms with Crippen molar-refractivity contribution in [3.8, 4) is 11.5 Å². The summed E-state index contributed by atoms with van der Waals surface area (Å²) in [6.45, 7) is 3.61. The lowest BCUT2D eigenvalue weighted by Crippen LogP contribution is -2.45. The number of aryl methyl sites for hydroxylation is 1. The third kappa shape index (κ3) is 4.04. The van der Waals surface area contributed by atoms with Crippen LogP contribution in [0.1, 0.15) is 28.1 Å². The van der Waals surface area contributed by atoms with Crippen molar-refractivity contribution in [1.82, 2.24) is 20.6 Å². The van der Waals surface area contributed by atoms with Gasteiger partial charge in [-0.1, -0.05) is 0 Å². The zero-order valence-corrected chi connectivity index (χ0v) is 20.4. The Morgan fingerprint density at radius 1 is 1.17 bits per heavy atom. The predicted molar refractivity (Wildman–Crippen MR) is 140 cm³/mol. The maximum absolute atomic E-state index is 13.5. The molecule has 5 heterocycles. The second-order valence-corrected chi connectivity index (χ2v) is 9.83. The van der Waals surface area contributed by atoms with Gasteiger partial charge in [0.25, 0.3) is 5.91 Å². The van der Waals surface area contributed by atoms with E-state index in [1.54, 1.807) is 41.7 Å². The van der Waals surface area contributed by atoms with Crippen molar-refractivity contribution >= 4 is 50.6 Å². The number of anilines is 3. The molecule has 1 atom stereocenters. The summed E-state index contributed by atoms with van der Waals surface area (Å²) in [5.74, 6) is 1.12. The van der Waals surface area contributed by atoms with E-state index in [4.69, 9.17) is 4.74 Å². The zero-order chi connectivity index (χ0) is 24.6. The number of carbonyl (C=O) groups is 2. The highest BCUT2D eigenvalue weighted by Gasteiger charge is 2.35. The zero-order valence-electron chi connectivity index (χ0n) is 19.6. The number of ether oxygens (including phenoxy) is 1. The van der Waals surface area contributed by atoms with Crippen molar-refractivity contribution in [2.45, 2.75) is 25.8 Å². The highest BCUT2D eigenvalue weighted by atomic mass is 32.1. The van der Waals surface area contributed by atoms with E-state index in [0.29, 0.717) is 38.3 Å². The number of aromatic nitrogens is 2. The minimum Gasteiger partial charge on any atom is -0.457 e. The van der Waals surface area contributed by atoms with Crippen molar-refractivity contribution < 1.29 is 14.3 Å². The van der Waals surface area contributed by atoms with Gasteiger partial charge in [-0.05, 0) is 68.3 Å². The molecule has 3 N–H and O–H groups in total. The normalized spacial score (nSPS) is 17.1. The molecule has 4 aromatic rings. The smallest absolute Gasteiger partial charge is 0.331 e. The number of nitrogens with zero attached hydrogens (tertiary/aromatic N) is 3. The summed E-state index contributed by atoms with van der Waals surface area (Å²) in [7, 11) is 0. The molecule has 36 heavy (non-hydrogen) atoms. The average Bonchev–Trinajstić information content (AvgIpc) is 3.27. The lowest BCUT2D eigenvalue weighted by molar-refractivity contribution is 0.0935. The van der Waals surface area contributed by atoms with Crippen LogP contribution in [-0.4, -0.2) is 41.0 Å². The Kier molecular flexibility index (Phi) is 5.74. The fourth-order valence-electron chi connectivity index (χ4n) is 4.69. The maximum Gasteiger partial charge on any atom is 0.331 e. The number of urea groups is 1. The Morgan fingerprint density at radius 3 is 2.81 bits per heavy atom. The van der Waals surface area contributed by atoms with Gasteiger partial charge in [0.1, 0.15) is 21.2 Å². The summed E-state index contributed by atoms with van der Waals surface area (Å²) in [6, 6.07) is 10.6. The van der Waals surface area contributed by atoms with Crippen LogP contribution in [0, 0.1) is 6.92 Å². The van der Waals surface area contributed by atoms with Crippen LogP contribution in [0.25, 0.3) is 10.2 Å². The number of thiophene rings is 1. The van der Waals surface area contributed by atoms with E-state index < -0.39 is 0 Å². The summed E-state index contributed by atoms with van der Waals surface area (Å²) >= 11 is 1.30. The fraction of sp³-hybridized carbons (Fsp3) is 0.231. The predicted octanol–water partition coefficient (Wildman–Crippen LogP) is 4.96. The largest absolute Gasteiger partial charge is 0.457 e. The third-order valence-corrected chi connectivity index (χ3v) is 7.45. The minimum absolute atomic E-state index is 0.0494. The molecule has 9 nitrogen and oxygen atoms in total. The van der Waals surface area contributed by atoms with Crippen LogP contribution in [0.2, 0.25) is 0 Å². The topological polar surface area (TPSA) is 108 Å². The standard InChI is InChI=1S/C26H24N6O3S/c1-15-13-18(35-17-6-10-27-11-7-17)4-5-20(15)32-22-21-19(31-26(32)34)8-12-29-25(21)36-23(22)24(33)30-16-3-2-9-28-14-16/h4-8,10-13,16,28H,2-3,9,14H2,1H3,(H,30,33)(H,31,34). The molecule has 182 valence electrons. The minimum atomic E-state index is -0.326. The van der Waals surface area contributed by atoms with Gasteiger partial charge in [-0.3, -0.25) is 14.7 Å². The van der Waals surface area contributed by atoms with Crippen molar-refractivity contribution in [2.24, 2.45) is 0 Å². The Hall–Kier alpha value is -4.02. The number of hydrogen-bond acceptors (Lipinski definition) is 7. The molecular weight excluding hydrogens is 476 g/mol. The van der Waals surface area contributed by atoms with Gasteiger partial charge in [0.05, 0.1) is 22.4 Å². The van der Waals surface area contributed by atoms with Gasteiger partial charge >= 0.3 is 6.03 Å². The number of rotatable bonds is 5. The lowest BCUT2D eigenvalue weighted by atomic mass is 10.1. The van der Waals surface area contributed by atoms with E-state index in [0.717, 1.165) is 36.9 Å². The first-order valence-corrected chi connectivity index (χ1v) is 12.6. The number of amides is 3. The van der Waals surface area contributed by atoms with E-state index >= 15 is 0 Å². The Morgan fingerprint density at radius 2 is 2.03 bits per heavy atom.